The van der Waals surface area contributed by atoms with Crippen molar-refractivity contribution in [3.8, 4) is 10.7 Å². The molecule has 1 N–H and O–H groups in total. The second-order valence-corrected chi connectivity index (χ2v) is 7.18. The molecule has 1 unspecified atom stereocenters. The van der Waals surface area contributed by atoms with Gasteiger partial charge in [-0.3, -0.25) is 4.90 Å². The lowest BCUT2D eigenvalue weighted by molar-refractivity contribution is 0.209. The smallest absolute Gasteiger partial charge is 0.322 e. The first kappa shape index (κ1) is 18.1. The van der Waals surface area contributed by atoms with Crippen LogP contribution < -0.4 is 5.32 Å². The Labute approximate surface area is 165 Å². The minimum Gasteiger partial charge on any atom is -0.334 e. The van der Waals surface area contributed by atoms with E-state index in [0.717, 1.165) is 10.4 Å². The summed E-state index contributed by atoms with van der Waals surface area (Å²) in [5.41, 5.74) is 2.07. The van der Waals surface area contributed by atoms with Crippen LogP contribution in [0.15, 0.2) is 64.7 Å². The van der Waals surface area contributed by atoms with Crippen LogP contribution in [0.5, 0.6) is 0 Å². The number of benzene rings is 1. The minimum atomic E-state index is -0.536. The average molecular weight is 396 g/mol. The summed E-state index contributed by atoms with van der Waals surface area (Å²) >= 11 is 1.51. The lowest BCUT2D eigenvalue weighted by Gasteiger charge is -2.34. The van der Waals surface area contributed by atoms with Gasteiger partial charge in [-0.2, -0.15) is 4.98 Å². The Hall–Kier alpha value is -3.26. The molecule has 1 atom stereocenters. The Bertz CT molecular complexity index is 1040. The van der Waals surface area contributed by atoms with Gasteiger partial charge in [-0.05, 0) is 36.1 Å². The number of thiophene rings is 1. The Morgan fingerprint density at radius 1 is 1.36 bits per heavy atom. The maximum atomic E-state index is 13.4. The summed E-state index contributed by atoms with van der Waals surface area (Å²) in [5, 5.41) is 8.96. The molecule has 0 radical (unpaired) electrons. The van der Waals surface area contributed by atoms with Crippen LogP contribution in [0.3, 0.4) is 0 Å². The molecule has 142 valence electrons. The van der Waals surface area contributed by atoms with Gasteiger partial charge in [0.05, 0.1) is 16.5 Å². The van der Waals surface area contributed by atoms with E-state index in [1.165, 1.54) is 23.5 Å². The number of hydrogen-bond donors (Lipinski definition) is 1. The van der Waals surface area contributed by atoms with E-state index in [1.807, 2.05) is 24.4 Å². The van der Waals surface area contributed by atoms with E-state index >= 15 is 0 Å². The zero-order valence-corrected chi connectivity index (χ0v) is 15.9. The number of carbonyl (C=O) groups excluding carboxylic acids is 1. The maximum Gasteiger partial charge on any atom is 0.322 e. The second-order valence-electron chi connectivity index (χ2n) is 6.23. The fourth-order valence-corrected chi connectivity index (χ4v) is 3.80. The van der Waals surface area contributed by atoms with E-state index in [9.17, 15) is 9.18 Å². The highest BCUT2D eigenvalue weighted by atomic mass is 32.1. The molecular weight excluding hydrogens is 379 g/mol. The summed E-state index contributed by atoms with van der Waals surface area (Å²) in [6.45, 7) is 5.87. The summed E-state index contributed by atoms with van der Waals surface area (Å²) in [5.74, 6) is 0.443. The van der Waals surface area contributed by atoms with Crippen molar-refractivity contribution in [2.45, 2.75) is 13.0 Å². The summed E-state index contributed by atoms with van der Waals surface area (Å²) in [6, 6.07) is 8.99. The van der Waals surface area contributed by atoms with E-state index < -0.39 is 6.04 Å². The van der Waals surface area contributed by atoms with E-state index in [-0.39, 0.29) is 11.8 Å². The van der Waals surface area contributed by atoms with Crippen LogP contribution in [-0.4, -0.2) is 27.6 Å². The van der Waals surface area contributed by atoms with Crippen molar-refractivity contribution in [2.24, 2.45) is 0 Å². The standard InChI is InChI=1S/C20H17FN4O2S/c1-3-10-25-12(2)16(19-23-18(24-27-19)15-5-4-11-28-15)17(22-20(25)26)13-6-8-14(21)9-7-13/h3-9,11,17H,1,10H2,2H3,(H,22,26). The van der Waals surface area contributed by atoms with Gasteiger partial charge in [-0.25, -0.2) is 9.18 Å². The molecule has 28 heavy (non-hydrogen) atoms. The van der Waals surface area contributed by atoms with E-state index in [1.54, 1.807) is 23.1 Å². The minimum absolute atomic E-state index is 0.270. The number of hydrogen-bond acceptors (Lipinski definition) is 5. The quantitative estimate of drug-likeness (QED) is 0.639. The van der Waals surface area contributed by atoms with Crippen LogP contribution in [0.2, 0.25) is 0 Å². The number of allylic oxidation sites excluding steroid dienone is 1. The Morgan fingerprint density at radius 2 is 2.14 bits per heavy atom. The van der Waals surface area contributed by atoms with Gasteiger partial charge in [0.15, 0.2) is 0 Å². The summed E-state index contributed by atoms with van der Waals surface area (Å²) in [7, 11) is 0. The van der Waals surface area contributed by atoms with Gasteiger partial charge in [-0.15, -0.1) is 17.9 Å². The molecule has 0 spiro atoms. The highest BCUT2D eigenvalue weighted by molar-refractivity contribution is 7.13. The number of carbonyl (C=O) groups is 1. The van der Waals surface area contributed by atoms with Gasteiger partial charge < -0.3 is 9.84 Å². The molecule has 0 saturated carbocycles. The molecule has 8 heteroatoms. The fraction of sp³-hybridized carbons (Fsp3) is 0.150. The van der Waals surface area contributed by atoms with Crippen LogP contribution in [0.1, 0.15) is 24.4 Å². The van der Waals surface area contributed by atoms with Crippen molar-refractivity contribution in [1.29, 1.82) is 0 Å². The molecule has 2 amide bonds. The molecule has 3 heterocycles. The highest BCUT2D eigenvalue weighted by Crippen LogP contribution is 2.37. The third-order valence-electron chi connectivity index (χ3n) is 4.51. The maximum absolute atomic E-state index is 13.4. The van der Waals surface area contributed by atoms with Crippen LogP contribution >= 0.6 is 11.3 Å². The van der Waals surface area contributed by atoms with Crippen molar-refractivity contribution in [1.82, 2.24) is 20.4 Å². The van der Waals surface area contributed by atoms with Crippen molar-refractivity contribution >= 4 is 22.9 Å². The molecule has 4 rings (SSSR count). The van der Waals surface area contributed by atoms with E-state index in [4.69, 9.17) is 4.52 Å². The number of halogens is 1. The number of amides is 2. The molecule has 0 bridgehead atoms. The van der Waals surface area contributed by atoms with Gasteiger partial charge in [0.2, 0.25) is 5.82 Å². The van der Waals surface area contributed by atoms with Crippen molar-refractivity contribution < 1.29 is 13.7 Å². The zero-order valence-electron chi connectivity index (χ0n) is 15.1. The molecule has 0 aliphatic carbocycles. The van der Waals surface area contributed by atoms with Crippen LogP contribution in [0, 0.1) is 5.82 Å². The first-order valence-electron chi connectivity index (χ1n) is 8.61. The zero-order chi connectivity index (χ0) is 19.7. The van der Waals surface area contributed by atoms with E-state index in [0.29, 0.717) is 29.5 Å². The number of nitrogens with one attached hydrogen (secondary N) is 1. The third-order valence-corrected chi connectivity index (χ3v) is 5.38. The summed E-state index contributed by atoms with van der Waals surface area (Å²) < 4.78 is 18.9. The topological polar surface area (TPSA) is 71.3 Å². The van der Waals surface area contributed by atoms with E-state index in [2.05, 4.69) is 22.0 Å². The lowest BCUT2D eigenvalue weighted by atomic mass is 9.94. The molecule has 6 nitrogen and oxygen atoms in total. The molecule has 2 aromatic heterocycles. The molecule has 3 aromatic rings. The second kappa shape index (κ2) is 7.40. The first-order chi connectivity index (χ1) is 13.6. The lowest BCUT2D eigenvalue weighted by Crippen LogP contribution is -2.46. The van der Waals surface area contributed by atoms with Gasteiger partial charge >= 0.3 is 6.03 Å². The SMILES string of the molecule is C=CCN1C(=O)NC(c2ccc(F)cc2)C(c2nc(-c3cccs3)no2)=C1C. The normalized spacial score (nSPS) is 17.0. The molecule has 1 aliphatic rings. The number of aromatic nitrogens is 2. The first-order valence-corrected chi connectivity index (χ1v) is 9.49. The largest absolute Gasteiger partial charge is 0.334 e. The van der Waals surface area contributed by atoms with Crippen molar-refractivity contribution in [3.63, 3.8) is 0 Å². The van der Waals surface area contributed by atoms with Crippen LogP contribution in [-0.2, 0) is 0 Å². The number of nitrogens with zero attached hydrogens (tertiary/aromatic N) is 3. The third kappa shape index (κ3) is 3.22. The Kier molecular flexibility index (Phi) is 4.79. The highest BCUT2D eigenvalue weighted by Gasteiger charge is 2.35. The number of rotatable bonds is 5. The van der Waals surface area contributed by atoms with Gasteiger partial charge in [0.25, 0.3) is 5.89 Å². The predicted octanol–water partition coefficient (Wildman–Crippen LogP) is 4.62. The molecule has 0 saturated heterocycles. The Balaban J connectivity index is 1.83. The summed E-state index contributed by atoms with van der Waals surface area (Å²) in [6.07, 6.45) is 1.64. The average Bonchev–Trinajstić information content (AvgIpc) is 3.37. The van der Waals surface area contributed by atoms with Crippen LogP contribution in [0.25, 0.3) is 16.3 Å². The van der Waals surface area contributed by atoms with Crippen molar-refractivity contribution in [2.75, 3.05) is 6.54 Å². The Morgan fingerprint density at radius 3 is 2.82 bits per heavy atom. The summed E-state index contributed by atoms with van der Waals surface area (Å²) in [4.78, 5) is 19.6. The molecule has 0 fully saturated rings. The molecule has 1 aliphatic heterocycles. The van der Waals surface area contributed by atoms with Gasteiger partial charge in [-0.1, -0.05) is 29.4 Å². The van der Waals surface area contributed by atoms with Gasteiger partial charge in [0.1, 0.15) is 5.82 Å². The van der Waals surface area contributed by atoms with Gasteiger partial charge in [0, 0.05) is 12.2 Å². The monoisotopic (exact) mass is 396 g/mol. The number of urea groups is 1. The van der Waals surface area contributed by atoms with Crippen LogP contribution in [0.4, 0.5) is 9.18 Å². The van der Waals surface area contributed by atoms with Crippen molar-refractivity contribution in [3.05, 3.63) is 77.4 Å². The molecule has 1 aromatic carbocycles. The molecular formula is C20H17FN4O2S. The predicted molar refractivity (Wildman–Crippen MR) is 105 cm³/mol. The fourth-order valence-electron chi connectivity index (χ4n) is 3.15.